The summed E-state index contributed by atoms with van der Waals surface area (Å²) in [6, 6.07) is 0. The van der Waals surface area contributed by atoms with Crippen molar-refractivity contribution in [3.63, 3.8) is 0 Å². The van der Waals surface area contributed by atoms with Crippen molar-refractivity contribution in [1.29, 1.82) is 0 Å². The molecule has 6 nitrogen and oxygen atoms in total. The second-order valence-electron chi connectivity index (χ2n) is 2.79. The standard InChI is InChI=1S/C7H8O6S.Ca.2H/c8-6(9)5-3-1-2-4-7(5,10)14(11,12)13;;;/h1-5,10H,(H,8,9)(H,11,12,13);;;. The molecule has 1 aliphatic carbocycles. The molecule has 2 unspecified atom stereocenters. The monoisotopic (exact) mass is 262 g/mol. The SMILES string of the molecule is O=C(O)C1C=CC=CC1(O)S(=O)(=O)O.[CaH2]. The molecule has 0 aromatic rings. The Labute approximate surface area is 116 Å². The molecule has 1 rings (SSSR count). The Hall–Kier alpha value is 0.0797. The van der Waals surface area contributed by atoms with Gasteiger partial charge in [0.1, 0.15) is 5.92 Å². The summed E-state index contributed by atoms with van der Waals surface area (Å²) in [7, 11) is -4.88. The van der Waals surface area contributed by atoms with Crippen LogP contribution in [0.25, 0.3) is 0 Å². The van der Waals surface area contributed by atoms with Crippen molar-refractivity contribution < 1.29 is 28.0 Å². The predicted molar refractivity (Wildman–Crippen MR) is 54.4 cm³/mol. The maximum absolute atomic E-state index is 10.8. The Bertz CT molecular complexity index is 411. The molecule has 0 bridgehead atoms. The molecule has 15 heavy (non-hydrogen) atoms. The van der Waals surface area contributed by atoms with Crippen LogP contribution >= 0.6 is 0 Å². The second-order valence-corrected chi connectivity index (χ2v) is 4.39. The van der Waals surface area contributed by atoms with Crippen LogP contribution in [0.1, 0.15) is 0 Å². The Morgan fingerprint density at radius 1 is 1.33 bits per heavy atom. The fourth-order valence-electron chi connectivity index (χ4n) is 1.12. The van der Waals surface area contributed by atoms with E-state index in [-0.39, 0.29) is 37.7 Å². The maximum atomic E-state index is 10.8. The minimum atomic E-state index is -4.88. The van der Waals surface area contributed by atoms with Crippen LogP contribution in [0.5, 0.6) is 0 Å². The summed E-state index contributed by atoms with van der Waals surface area (Å²) < 4.78 is 30.3. The molecular formula is C7H10CaO6S. The number of allylic oxidation sites excluding steroid dienone is 2. The van der Waals surface area contributed by atoms with E-state index in [2.05, 4.69) is 0 Å². The van der Waals surface area contributed by atoms with Gasteiger partial charge in [0.05, 0.1) is 0 Å². The molecule has 8 heteroatoms. The van der Waals surface area contributed by atoms with Crippen LogP contribution in [0.15, 0.2) is 24.3 Å². The van der Waals surface area contributed by atoms with Crippen LogP contribution in [-0.2, 0) is 14.9 Å². The van der Waals surface area contributed by atoms with Crippen molar-refractivity contribution in [1.82, 2.24) is 0 Å². The quantitative estimate of drug-likeness (QED) is 0.411. The first-order valence-electron chi connectivity index (χ1n) is 3.57. The van der Waals surface area contributed by atoms with Gasteiger partial charge in [-0.3, -0.25) is 9.35 Å². The summed E-state index contributed by atoms with van der Waals surface area (Å²) in [6.45, 7) is 0. The Kier molecular flexibility index (Phi) is 4.97. The fourth-order valence-corrected chi connectivity index (χ4v) is 1.87. The van der Waals surface area contributed by atoms with Crippen molar-refractivity contribution in [2.24, 2.45) is 5.92 Å². The van der Waals surface area contributed by atoms with Crippen molar-refractivity contribution in [2.45, 2.75) is 4.93 Å². The fraction of sp³-hybridized carbons (Fsp3) is 0.286. The van der Waals surface area contributed by atoms with Gasteiger partial charge >= 0.3 is 43.7 Å². The first-order chi connectivity index (χ1) is 6.29. The van der Waals surface area contributed by atoms with Crippen molar-refractivity contribution >= 4 is 53.8 Å². The molecular weight excluding hydrogens is 252 g/mol. The molecule has 0 aromatic carbocycles. The van der Waals surface area contributed by atoms with E-state index in [0.717, 1.165) is 18.2 Å². The minimum absolute atomic E-state index is 0. The summed E-state index contributed by atoms with van der Waals surface area (Å²) in [5.74, 6) is -3.24. The van der Waals surface area contributed by atoms with Crippen LogP contribution in [-0.4, -0.2) is 71.8 Å². The molecule has 82 valence electrons. The zero-order valence-corrected chi connectivity index (χ0v) is 7.68. The van der Waals surface area contributed by atoms with E-state index in [1.54, 1.807) is 0 Å². The molecule has 0 spiro atoms. The van der Waals surface area contributed by atoms with Gasteiger partial charge in [0.25, 0.3) is 10.1 Å². The molecule has 0 fully saturated rings. The van der Waals surface area contributed by atoms with Crippen molar-refractivity contribution in [3.05, 3.63) is 24.3 Å². The predicted octanol–water partition coefficient (Wildman–Crippen LogP) is -1.53. The van der Waals surface area contributed by atoms with E-state index in [1.807, 2.05) is 0 Å². The van der Waals surface area contributed by atoms with Crippen LogP contribution < -0.4 is 0 Å². The summed E-state index contributed by atoms with van der Waals surface area (Å²) in [4.78, 5) is 7.81. The molecule has 1 aliphatic rings. The van der Waals surface area contributed by atoms with Gasteiger partial charge in [0.2, 0.25) is 4.93 Å². The van der Waals surface area contributed by atoms with Gasteiger partial charge in [-0.25, -0.2) is 0 Å². The molecule has 0 aliphatic heterocycles. The topological polar surface area (TPSA) is 112 Å². The average Bonchev–Trinajstić information content (AvgIpc) is 2.02. The van der Waals surface area contributed by atoms with Crippen LogP contribution in [0.3, 0.4) is 0 Å². The molecule has 0 amide bonds. The second kappa shape index (κ2) is 4.94. The normalized spacial score (nSPS) is 29.6. The number of hydrogen-bond acceptors (Lipinski definition) is 4. The molecule has 3 N–H and O–H groups in total. The van der Waals surface area contributed by atoms with Gasteiger partial charge in [0.15, 0.2) is 0 Å². The van der Waals surface area contributed by atoms with E-state index in [4.69, 9.17) is 9.66 Å². The first kappa shape index (κ1) is 15.1. The summed E-state index contributed by atoms with van der Waals surface area (Å²) in [5.41, 5.74) is 0. The van der Waals surface area contributed by atoms with E-state index < -0.39 is 26.9 Å². The van der Waals surface area contributed by atoms with Gasteiger partial charge in [-0.2, -0.15) is 8.42 Å². The number of carboxylic acids is 1. The summed E-state index contributed by atoms with van der Waals surface area (Å²) >= 11 is 0. The summed E-state index contributed by atoms with van der Waals surface area (Å²) in [6.07, 6.45) is 4.13. The van der Waals surface area contributed by atoms with Crippen LogP contribution in [0.4, 0.5) is 0 Å². The third kappa shape index (κ3) is 2.80. The van der Waals surface area contributed by atoms with E-state index in [1.165, 1.54) is 6.08 Å². The number of hydrogen-bond donors (Lipinski definition) is 3. The van der Waals surface area contributed by atoms with E-state index >= 15 is 0 Å². The van der Waals surface area contributed by atoms with Crippen LogP contribution in [0, 0.1) is 5.92 Å². The van der Waals surface area contributed by atoms with Crippen molar-refractivity contribution in [2.75, 3.05) is 0 Å². The molecule has 0 saturated heterocycles. The number of aliphatic hydroxyl groups is 1. The average molecular weight is 262 g/mol. The number of aliphatic carboxylic acids is 1. The molecule has 0 radical (unpaired) electrons. The first-order valence-corrected chi connectivity index (χ1v) is 5.01. The number of rotatable bonds is 2. The van der Waals surface area contributed by atoms with Gasteiger partial charge in [-0.1, -0.05) is 18.2 Å². The molecule has 2 atom stereocenters. The molecule has 0 saturated carbocycles. The molecule has 0 aromatic heterocycles. The van der Waals surface area contributed by atoms with E-state index in [9.17, 15) is 18.3 Å². The Morgan fingerprint density at radius 2 is 1.87 bits per heavy atom. The van der Waals surface area contributed by atoms with Gasteiger partial charge in [-0.15, -0.1) is 0 Å². The Balaban J connectivity index is 0.00000196. The van der Waals surface area contributed by atoms with Gasteiger partial charge in [-0.05, 0) is 6.08 Å². The van der Waals surface area contributed by atoms with Crippen LogP contribution in [0.2, 0.25) is 0 Å². The molecule has 0 heterocycles. The van der Waals surface area contributed by atoms with Gasteiger partial charge in [0, 0.05) is 0 Å². The summed E-state index contributed by atoms with van der Waals surface area (Å²) in [5, 5.41) is 18.1. The Morgan fingerprint density at radius 3 is 2.20 bits per heavy atom. The van der Waals surface area contributed by atoms with E-state index in [0.29, 0.717) is 0 Å². The number of carbonyl (C=O) groups is 1. The third-order valence-electron chi connectivity index (χ3n) is 1.87. The van der Waals surface area contributed by atoms with Gasteiger partial charge < -0.3 is 10.2 Å². The third-order valence-corrected chi connectivity index (χ3v) is 3.09. The zero-order valence-electron chi connectivity index (χ0n) is 6.86. The number of carboxylic acid groups (broad SMARTS) is 1. The zero-order chi connectivity index (χ0) is 11.0. The van der Waals surface area contributed by atoms with Crippen molar-refractivity contribution in [3.8, 4) is 0 Å².